The van der Waals surface area contributed by atoms with Gasteiger partial charge in [0, 0.05) is 12.3 Å². The molecule has 0 heterocycles. The zero-order valence-electron chi connectivity index (χ0n) is 15.9. The van der Waals surface area contributed by atoms with Crippen molar-refractivity contribution in [1.29, 1.82) is 0 Å². The second-order valence-corrected chi connectivity index (χ2v) is 7.16. The largest absolute Gasteiger partial charge is 0.508 e. The molecule has 1 amide bonds. The molecular formula is C20H31NO4. The third-order valence-electron chi connectivity index (χ3n) is 4.13. The van der Waals surface area contributed by atoms with Crippen LogP contribution < -0.4 is 5.32 Å². The third-order valence-corrected chi connectivity index (χ3v) is 4.13. The molecule has 0 aliphatic rings. The summed E-state index contributed by atoms with van der Waals surface area (Å²) >= 11 is 0. The Balaban J connectivity index is 2.89. The summed E-state index contributed by atoms with van der Waals surface area (Å²) < 4.78 is 5.12. The lowest BCUT2D eigenvalue weighted by Crippen LogP contribution is -2.47. The minimum atomic E-state index is -0.731. The Bertz CT molecular complexity index is 551. The Hall–Kier alpha value is -2.04. The van der Waals surface area contributed by atoms with E-state index in [0.29, 0.717) is 12.3 Å². The van der Waals surface area contributed by atoms with E-state index in [-0.39, 0.29) is 30.1 Å². The predicted octanol–water partition coefficient (Wildman–Crippen LogP) is 3.30. The standard InChI is InChI=1S/C20H31NO4/c1-6-25-20(24)18(12-15-7-9-16(22)10-8-15)21-19(23)17(14(4)5)11-13(2)3/h7-10,13-14,17-18,22H,6,11-12H2,1-5H3,(H,21,23)/t17?,18-/m0/s1. The van der Waals surface area contributed by atoms with Crippen LogP contribution in [0.1, 0.15) is 46.6 Å². The highest BCUT2D eigenvalue weighted by atomic mass is 16.5. The van der Waals surface area contributed by atoms with Crippen LogP contribution in [-0.4, -0.2) is 29.6 Å². The minimum absolute atomic E-state index is 0.111. The van der Waals surface area contributed by atoms with Crippen LogP contribution in [0.3, 0.4) is 0 Å². The van der Waals surface area contributed by atoms with Crippen molar-refractivity contribution in [1.82, 2.24) is 5.32 Å². The lowest BCUT2D eigenvalue weighted by atomic mass is 9.86. The molecule has 0 spiro atoms. The highest BCUT2D eigenvalue weighted by molar-refractivity contribution is 5.86. The number of ether oxygens (including phenoxy) is 1. The molecule has 2 atom stereocenters. The van der Waals surface area contributed by atoms with Gasteiger partial charge in [-0.1, -0.05) is 39.8 Å². The van der Waals surface area contributed by atoms with Gasteiger partial charge in [0.05, 0.1) is 6.61 Å². The van der Waals surface area contributed by atoms with Crippen molar-refractivity contribution in [3.63, 3.8) is 0 Å². The number of phenols is 1. The summed E-state index contributed by atoms with van der Waals surface area (Å²) in [6.45, 7) is 10.2. The van der Waals surface area contributed by atoms with Gasteiger partial charge < -0.3 is 15.2 Å². The average Bonchev–Trinajstić information content (AvgIpc) is 2.53. The van der Waals surface area contributed by atoms with E-state index in [2.05, 4.69) is 19.2 Å². The van der Waals surface area contributed by atoms with Gasteiger partial charge in [0.1, 0.15) is 11.8 Å². The Kier molecular flexibility index (Phi) is 8.46. The summed E-state index contributed by atoms with van der Waals surface area (Å²) in [6.07, 6.45) is 1.11. The van der Waals surface area contributed by atoms with Crippen molar-refractivity contribution >= 4 is 11.9 Å². The maximum absolute atomic E-state index is 12.7. The second kappa shape index (κ2) is 10.1. The zero-order valence-corrected chi connectivity index (χ0v) is 15.9. The first-order valence-electron chi connectivity index (χ1n) is 8.99. The molecule has 140 valence electrons. The van der Waals surface area contributed by atoms with Crippen LogP contribution >= 0.6 is 0 Å². The molecule has 0 aliphatic carbocycles. The molecule has 1 unspecified atom stereocenters. The number of amides is 1. The fourth-order valence-corrected chi connectivity index (χ4v) is 2.77. The molecule has 0 radical (unpaired) electrons. The number of phenolic OH excluding ortho intramolecular Hbond substituents is 1. The van der Waals surface area contributed by atoms with Crippen molar-refractivity contribution in [3.8, 4) is 5.75 Å². The number of hydrogen-bond acceptors (Lipinski definition) is 4. The molecule has 5 nitrogen and oxygen atoms in total. The fourth-order valence-electron chi connectivity index (χ4n) is 2.77. The SMILES string of the molecule is CCOC(=O)[C@H](Cc1ccc(O)cc1)NC(=O)C(CC(C)C)C(C)C. The molecule has 0 aromatic heterocycles. The molecule has 1 rings (SSSR count). The van der Waals surface area contributed by atoms with Gasteiger partial charge in [-0.25, -0.2) is 4.79 Å². The monoisotopic (exact) mass is 349 g/mol. The van der Waals surface area contributed by atoms with Crippen LogP contribution in [-0.2, 0) is 20.7 Å². The van der Waals surface area contributed by atoms with Crippen LogP contribution in [0.5, 0.6) is 5.75 Å². The summed E-state index contributed by atoms with van der Waals surface area (Å²) in [4.78, 5) is 25.0. The fraction of sp³-hybridized carbons (Fsp3) is 0.600. The number of esters is 1. The van der Waals surface area contributed by atoms with Gasteiger partial charge in [0.15, 0.2) is 0 Å². The summed E-state index contributed by atoms with van der Waals surface area (Å²) in [6, 6.07) is 5.87. The number of aromatic hydroxyl groups is 1. The summed E-state index contributed by atoms with van der Waals surface area (Å²) in [7, 11) is 0. The zero-order chi connectivity index (χ0) is 19.0. The Morgan fingerprint density at radius 2 is 1.72 bits per heavy atom. The predicted molar refractivity (Wildman–Crippen MR) is 98.2 cm³/mol. The van der Waals surface area contributed by atoms with E-state index >= 15 is 0 Å². The van der Waals surface area contributed by atoms with E-state index in [0.717, 1.165) is 12.0 Å². The van der Waals surface area contributed by atoms with Crippen LogP contribution in [0, 0.1) is 17.8 Å². The number of benzene rings is 1. The van der Waals surface area contributed by atoms with Crippen LogP contribution in [0.25, 0.3) is 0 Å². The Morgan fingerprint density at radius 3 is 2.20 bits per heavy atom. The molecule has 0 fully saturated rings. The summed E-state index contributed by atoms with van der Waals surface area (Å²) in [5.74, 6) is 0.0701. The number of carbonyl (C=O) groups is 2. The van der Waals surface area contributed by atoms with Crippen molar-refractivity contribution < 1.29 is 19.4 Å². The maximum Gasteiger partial charge on any atom is 0.328 e. The summed E-state index contributed by atoms with van der Waals surface area (Å²) in [5.41, 5.74) is 0.848. The first kappa shape index (κ1) is 21.0. The highest BCUT2D eigenvalue weighted by Gasteiger charge is 2.28. The van der Waals surface area contributed by atoms with Gasteiger partial charge in [-0.15, -0.1) is 0 Å². The highest BCUT2D eigenvalue weighted by Crippen LogP contribution is 2.21. The topological polar surface area (TPSA) is 75.6 Å². The van der Waals surface area contributed by atoms with Crippen molar-refractivity contribution in [2.75, 3.05) is 6.61 Å². The van der Waals surface area contributed by atoms with E-state index in [9.17, 15) is 14.7 Å². The molecule has 0 saturated heterocycles. The lowest BCUT2D eigenvalue weighted by molar-refractivity contribution is -0.148. The van der Waals surface area contributed by atoms with E-state index in [1.54, 1.807) is 31.2 Å². The average molecular weight is 349 g/mol. The van der Waals surface area contributed by atoms with Crippen molar-refractivity contribution in [3.05, 3.63) is 29.8 Å². The lowest BCUT2D eigenvalue weighted by Gasteiger charge is -2.25. The van der Waals surface area contributed by atoms with E-state index in [4.69, 9.17) is 4.74 Å². The smallest absolute Gasteiger partial charge is 0.328 e. The number of rotatable bonds is 9. The van der Waals surface area contributed by atoms with E-state index in [1.165, 1.54) is 0 Å². The first-order valence-corrected chi connectivity index (χ1v) is 8.99. The first-order chi connectivity index (χ1) is 11.7. The molecule has 0 aliphatic heterocycles. The van der Waals surface area contributed by atoms with Crippen molar-refractivity contribution in [2.45, 2.75) is 53.5 Å². The van der Waals surface area contributed by atoms with Crippen LogP contribution in [0.15, 0.2) is 24.3 Å². The Morgan fingerprint density at radius 1 is 1.12 bits per heavy atom. The number of hydrogen-bond donors (Lipinski definition) is 2. The molecule has 5 heteroatoms. The van der Waals surface area contributed by atoms with Gasteiger partial charge in [-0.2, -0.15) is 0 Å². The molecule has 1 aromatic rings. The van der Waals surface area contributed by atoms with Gasteiger partial charge in [-0.3, -0.25) is 4.79 Å². The maximum atomic E-state index is 12.7. The normalized spacial score (nSPS) is 13.6. The number of nitrogens with one attached hydrogen (secondary N) is 1. The molecule has 2 N–H and O–H groups in total. The number of carbonyl (C=O) groups excluding carboxylic acids is 2. The molecular weight excluding hydrogens is 318 g/mol. The molecule has 25 heavy (non-hydrogen) atoms. The minimum Gasteiger partial charge on any atom is -0.508 e. The molecule has 0 saturated carbocycles. The van der Waals surface area contributed by atoms with E-state index in [1.807, 2.05) is 13.8 Å². The third kappa shape index (κ3) is 7.16. The van der Waals surface area contributed by atoms with Crippen molar-refractivity contribution in [2.24, 2.45) is 17.8 Å². The molecule has 0 bridgehead atoms. The quantitative estimate of drug-likeness (QED) is 0.671. The van der Waals surface area contributed by atoms with Gasteiger partial charge in [0.25, 0.3) is 0 Å². The molecule has 1 aromatic carbocycles. The summed E-state index contributed by atoms with van der Waals surface area (Å²) in [5, 5.41) is 12.3. The Labute approximate surface area is 150 Å². The van der Waals surface area contributed by atoms with Gasteiger partial charge >= 0.3 is 5.97 Å². The second-order valence-electron chi connectivity index (χ2n) is 7.16. The van der Waals surface area contributed by atoms with Crippen LogP contribution in [0.2, 0.25) is 0 Å². The van der Waals surface area contributed by atoms with Gasteiger partial charge in [0.2, 0.25) is 5.91 Å². The van der Waals surface area contributed by atoms with Gasteiger partial charge in [-0.05, 0) is 42.9 Å². The van der Waals surface area contributed by atoms with E-state index < -0.39 is 12.0 Å². The van der Waals surface area contributed by atoms with Crippen LogP contribution in [0.4, 0.5) is 0 Å².